The van der Waals surface area contributed by atoms with Gasteiger partial charge in [0.15, 0.2) is 17.3 Å². The Morgan fingerprint density at radius 3 is 2.76 bits per heavy atom. The Hall–Kier alpha value is -2.95. The fourth-order valence-corrected chi connectivity index (χ4v) is 2.14. The van der Waals surface area contributed by atoms with E-state index in [0.29, 0.717) is 22.6 Å². The number of allylic oxidation sites excluding steroid dienone is 1. The number of ketones is 1. The normalized spacial score (nSPS) is 14.9. The van der Waals surface area contributed by atoms with Gasteiger partial charge < -0.3 is 19.7 Å². The van der Waals surface area contributed by atoms with Crippen molar-refractivity contribution in [3.8, 4) is 23.0 Å². The zero-order valence-corrected chi connectivity index (χ0v) is 11.2. The molecule has 5 nitrogen and oxygen atoms in total. The molecular formula is C16H12O5. The number of rotatable bonds is 2. The van der Waals surface area contributed by atoms with Crippen molar-refractivity contribution in [2.24, 2.45) is 0 Å². The molecule has 3 rings (SSSR count). The summed E-state index contributed by atoms with van der Waals surface area (Å²) in [5, 5.41) is 19.4. The van der Waals surface area contributed by atoms with Crippen LogP contribution in [0.15, 0.2) is 42.2 Å². The van der Waals surface area contributed by atoms with Crippen LogP contribution in [0.1, 0.15) is 15.9 Å². The van der Waals surface area contributed by atoms with Crippen LogP contribution in [0.3, 0.4) is 0 Å². The van der Waals surface area contributed by atoms with Crippen molar-refractivity contribution in [3.63, 3.8) is 0 Å². The average Bonchev–Trinajstić information content (AvgIpc) is 2.77. The third kappa shape index (κ3) is 2.18. The second-order valence-corrected chi connectivity index (χ2v) is 4.52. The van der Waals surface area contributed by atoms with E-state index in [9.17, 15) is 15.0 Å². The van der Waals surface area contributed by atoms with Crippen molar-refractivity contribution < 1.29 is 24.5 Å². The van der Waals surface area contributed by atoms with Crippen LogP contribution in [0.4, 0.5) is 0 Å². The zero-order valence-electron chi connectivity index (χ0n) is 11.2. The number of phenolic OH excluding ortho intramolecular Hbond substituents is 2. The van der Waals surface area contributed by atoms with E-state index >= 15 is 0 Å². The molecule has 2 aromatic rings. The van der Waals surface area contributed by atoms with Crippen molar-refractivity contribution in [2.45, 2.75) is 0 Å². The van der Waals surface area contributed by atoms with Crippen molar-refractivity contribution >= 4 is 11.9 Å². The molecule has 0 bridgehead atoms. The lowest BCUT2D eigenvalue weighted by atomic mass is 10.1. The third-order valence-corrected chi connectivity index (χ3v) is 3.19. The minimum atomic E-state index is -0.299. The Bertz CT molecular complexity index is 761. The van der Waals surface area contributed by atoms with E-state index in [2.05, 4.69) is 0 Å². The standard InChI is InChI=1S/C16H12O5/c1-20-12-4-2-3-9(15(12)18)7-14-16(19)11-6-5-10(17)8-13(11)21-14/h2-8,17-18H,1H3. The molecule has 0 aromatic heterocycles. The molecule has 1 aliphatic heterocycles. The number of carbonyl (C=O) groups excluding carboxylic acids is 1. The Morgan fingerprint density at radius 2 is 2.00 bits per heavy atom. The first-order valence-electron chi connectivity index (χ1n) is 6.23. The monoisotopic (exact) mass is 284 g/mol. The zero-order chi connectivity index (χ0) is 15.0. The molecule has 0 radical (unpaired) electrons. The van der Waals surface area contributed by atoms with Gasteiger partial charge in [-0.15, -0.1) is 0 Å². The lowest BCUT2D eigenvalue weighted by Gasteiger charge is -2.06. The topological polar surface area (TPSA) is 76.0 Å². The van der Waals surface area contributed by atoms with Crippen LogP contribution in [0.2, 0.25) is 0 Å². The summed E-state index contributed by atoms with van der Waals surface area (Å²) >= 11 is 0. The highest BCUT2D eigenvalue weighted by atomic mass is 16.5. The van der Waals surface area contributed by atoms with Gasteiger partial charge in [-0.3, -0.25) is 4.79 Å². The van der Waals surface area contributed by atoms with Gasteiger partial charge in [0.1, 0.15) is 11.5 Å². The van der Waals surface area contributed by atoms with Crippen molar-refractivity contribution in [2.75, 3.05) is 7.11 Å². The summed E-state index contributed by atoms with van der Waals surface area (Å²) in [6.45, 7) is 0. The highest BCUT2D eigenvalue weighted by Gasteiger charge is 2.27. The van der Waals surface area contributed by atoms with Crippen molar-refractivity contribution in [1.82, 2.24) is 0 Å². The SMILES string of the molecule is COc1cccc(C=C2Oc3cc(O)ccc3C2=O)c1O. The molecule has 0 saturated heterocycles. The molecule has 0 unspecified atom stereocenters. The van der Waals surface area contributed by atoms with Gasteiger partial charge in [-0.25, -0.2) is 0 Å². The van der Waals surface area contributed by atoms with Crippen LogP contribution in [0, 0.1) is 0 Å². The number of methoxy groups -OCH3 is 1. The number of carbonyl (C=O) groups is 1. The summed E-state index contributed by atoms with van der Waals surface area (Å²) in [7, 11) is 1.45. The van der Waals surface area contributed by atoms with E-state index in [-0.39, 0.29) is 23.0 Å². The Morgan fingerprint density at radius 1 is 1.19 bits per heavy atom. The molecular weight excluding hydrogens is 272 g/mol. The minimum absolute atomic E-state index is 0.0204. The molecule has 1 aliphatic rings. The predicted octanol–water partition coefficient (Wildman–Crippen LogP) is 2.72. The van der Waals surface area contributed by atoms with Gasteiger partial charge in [-0.05, 0) is 24.3 Å². The Balaban J connectivity index is 2.02. The second-order valence-electron chi connectivity index (χ2n) is 4.52. The van der Waals surface area contributed by atoms with E-state index in [1.165, 1.54) is 31.4 Å². The number of Topliss-reactive ketones (excluding diaryl/α,β-unsaturated/α-hetero) is 1. The van der Waals surface area contributed by atoms with Gasteiger partial charge in [-0.2, -0.15) is 0 Å². The Labute approximate surface area is 120 Å². The van der Waals surface area contributed by atoms with E-state index in [4.69, 9.17) is 9.47 Å². The Kier molecular flexibility index (Phi) is 3.02. The fourth-order valence-electron chi connectivity index (χ4n) is 2.14. The van der Waals surface area contributed by atoms with Crippen molar-refractivity contribution in [3.05, 3.63) is 53.3 Å². The molecule has 0 amide bonds. The first-order chi connectivity index (χ1) is 10.1. The highest BCUT2D eigenvalue weighted by Crippen LogP contribution is 2.36. The summed E-state index contributed by atoms with van der Waals surface area (Å²) in [5.41, 5.74) is 0.788. The van der Waals surface area contributed by atoms with Gasteiger partial charge in [-0.1, -0.05) is 12.1 Å². The summed E-state index contributed by atoms with van der Waals surface area (Å²) in [6, 6.07) is 9.25. The number of hydrogen-bond acceptors (Lipinski definition) is 5. The number of fused-ring (bicyclic) bond motifs is 1. The van der Waals surface area contributed by atoms with E-state index in [1.54, 1.807) is 18.2 Å². The molecule has 21 heavy (non-hydrogen) atoms. The number of phenols is 2. The summed E-state index contributed by atoms with van der Waals surface area (Å²) in [4.78, 5) is 12.2. The molecule has 106 valence electrons. The number of aromatic hydroxyl groups is 2. The van der Waals surface area contributed by atoms with Crippen LogP contribution < -0.4 is 9.47 Å². The number of ether oxygens (including phenoxy) is 2. The maximum absolute atomic E-state index is 12.2. The van der Waals surface area contributed by atoms with E-state index in [0.717, 1.165) is 0 Å². The van der Waals surface area contributed by atoms with E-state index < -0.39 is 0 Å². The molecule has 0 fully saturated rings. The highest BCUT2D eigenvalue weighted by molar-refractivity contribution is 6.14. The maximum atomic E-state index is 12.2. The lowest BCUT2D eigenvalue weighted by Crippen LogP contribution is -1.98. The molecule has 0 atom stereocenters. The predicted molar refractivity (Wildman–Crippen MR) is 75.7 cm³/mol. The second kappa shape index (κ2) is 4.86. The first kappa shape index (κ1) is 13.1. The van der Waals surface area contributed by atoms with Crippen LogP contribution in [-0.4, -0.2) is 23.1 Å². The quantitative estimate of drug-likeness (QED) is 0.829. The number of hydrogen-bond donors (Lipinski definition) is 2. The molecule has 0 saturated carbocycles. The molecule has 0 spiro atoms. The van der Waals surface area contributed by atoms with Crippen molar-refractivity contribution in [1.29, 1.82) is 0 Å². The minimum Gasteiger partial charge on any atom is -0.508 e. The summed E-state index contributed by atoms with van der Waals surface area (Å²) < 4.78 is 10.4. The van der Waals surface area contributed by atoms with Crippen LogP contribution in [-0.2, 0) is 0 Å². The smallest absolute Gasteiger partial charge is 0.231 e. The number of para-hydroxylation sites is 1. The molecule has 0 aliphatic carbocycles. The summed E-state index contributed by atoms with van der Waals surface area (Å²) in [6.07, 6.45) is 1.44. The lowest BCUT2D eigenvalue weighted by molar-refractivity contribution is 0.101. The van der Waals surface area contributed by atoms with Gasteiger partial charge >= 0.3 is 0 Å². The van der Waals surface area contributed by atoms with Crippen LogP contribution >= 0.6 is 0 Å². The van der Waals surface area contributed by atoms with Gasteiger partial charge in [0.05, 0.1) is 12.7 Å². The maximum Gasteiger partial charge on any atom is 0.231 e. The average molecular weight is 284 g/mol. The van der Waals surface area contributed by atoms with Gasteiger partial charge in [0, 0.05) is 11.6 Å². The first-order valence-corrected chi connectivity index (χ1v) is 6.23. The fraction of sp³-hybridized carbons (Fsp3) is 0.0625. The largest absolute Gasteiger partial charge is 0.508 e. The van der Waals surface area contributed by atoms with Gasteiger partial charge in [0.2, 0.25) is 5.78 Å². The van der Waals surface area contributed by atoms with Gasteiger partial charge in [0.25, 0.3) is 0 Å². The third-order valence-electron chi connectivity index (χ3n) is 3.19. The van der Waals surface area contributed by atoms with Crippen LogP contribution in [0.5, 0.6) is 23.0 Å². The molecule has 1 heterocycles. The van der Waals surface area contributed by atoms with Crippen LogP contribution in [0.25, 0.3) is 6.08 Å². The molecule has 2 aromatic carbocycles. The molecule has 2 N–H and O–H groups in total. The number of benzene rings is 2. The molecule has 5 heteroatoms. The van der Waals surface area contributed by atoms with E-state index in [1.807, 2.05) is 0 Å². The summed E-state index contributed by atoms with van der Waals surface area (Å²) in [5.74, 6) is 0.347.